The predicted octanol–water partition coefficient (Wildman–Crippen LogP) is 2.37. The summed E-state index contributed by atoms with van der Waals surface area (Å²) in [7, 11) is 0. The Bertz CT molecular complexity index is 797. The number of hydrogen-bond donors (Lipinski definition) is 0. The van der Waals surface area contributed by atoms with Gasteiger partial charge < -0.3 is 4.42 Å². The van der Waals surface area contributed by atoms with Crippen LogP contribution in [-0.4, -0.2) is 14.2 Å². The van der Waals surface area contributed by atoms with Crippen LogP contribution >= 0.6 is 11.5 Å². The second-order valence-electron chi connectivity index (χ2n) is 4.74. The number of fused-ring (bicyclic) bond motifs is 1. The van der Waals surface area contributed by atoms with Gasteiger partial charge in [0.1, 0.15) is 6.54 Å². The third kappa shape index (κ3) is 1.88. The van der Waals surface area contributed by atoms with E-state index >= 15 is 0 Å². The lowest BCUT2D eigenvalue weighted by Gasteiger charge is -1.93. The molecule has 3 aromatic rings. The quantitative estimate of drug-likeness (QED) is 0.735. The number of rotatable bonds is 3. The summed E-state index contributed by atoms with van der Waals surface area (Å²) < 4.78 is 8.23. The molecule has 1 aliphatic carbocycles. The van der Waals surface area contributed by atoms with E-state index in [1.165, 1.54) is 11.5 Å². The van der Waals surface area contributed by atoms with E-state index in [-0.39, 0.29) is 5.56 Å². The Morgan fingerprint density at radius 2 is 2.16 bits per heavy atom. The Morgan fingerprint density at radius 1 is 1.32 bits per heavy atom. The molecule has 1 aliphatic rings. The van der Waals surface area contributed by atoms with Crippen LogP contribution in [0.3, 0.4) is 0 Å². The van der Waals surface area contributed by atoms with E-state index in [1.807, 2.05) is 24.3 Å². The molecule has 0 saturated heterocycles. The Hall–Kier alpha value is -1.95. The molecule has 0 spiro atoms. The summed E-state index contributed by atoms with van der Waals surface area (Å²) in [6.07, 6.45) is 2.26. The van der Waals surface area contributed by atoms with Crippen LogP contribution in [0, 0.1) is 0 Å². The first-order valence-corrected chi connectivity index (χ1v) is 7.00. The molecule has 96 valence electrons. The fourth-order valence-corrected chi connectivity index (χ4v) is 3.06. The summed E-state index contributed by atoms with van der Waals surface area (Å²) in [5.41, 5.74) is 0.00627. The largest absolute Gasteiger partial charge is 0.423 e. The number of hydrogen-bond acceptors (Lipinski definition) is 5. The highest BCUT2D eigenvalue weighted by Crippen LogP contribution is 2.39. The molecule has 4 rings (SSSR count). The summed E-state index contributed by atoms with van der Waals surface area (Å²) in [6, 6.07) is 7.59. The monoisotopic (exact) mass is 273 g/mol. The van der Waals surface area contributed by atoms with Crippen molar-refractivity contribution in [1.29, 1.82) is 0 Å². The lowest BCUT2D eigenvalue weighted by atomic mass is 10.3. The van der Waals surface area contributed by atoms with Gasteiger partial charge in [-0.25, -0.2) is 0 Å². The van der Waals surface area contributed by atoms with Gasteiger partial charge in [-0.05, 0) is 25.0 Å². The first-order chi connectivity index (χ1) is 9.31. The fourth-order valence-electron chi connectivity index (χ4n) is 2.07. The van der Waals surface area contributed by atoms with Gasteiger partial charge in [0.15, 0.2) is 0 Å². The summed E-state index contributed by atoms with van der Waals surface area (Å²) in [5.74, 6) is 1.67. The normalized spacial score (nSPS) is 15.2. The minimum Gasteiger partial charge on any atom is -0.423 e. The summed E-state index contributed by atoms with van der Waals surface area (Å²) >= 11 is 1.43. The van der Waals surface area contributed by atoms with Crippen molar-refractivity contribution >= 4 is 21.6 Å². The molecule has 0 bridgehead atoms. The van der Waals surface area contributed by atoms with Gasteiger partial charge in [0.05, 0.1) is 10.1 Å². The third-order valence-electron chi connectivity index (χ3n) is 3.24. The van der Waals surface area contributed by atoms with Gasteiger partial charge in [-0.3, -0.25) is 8.75 Å². The molecule has 1 saturated carbocycles. The average molecular weight is 273 g/mol. The average Bonchev–Trinajstić information content (AvgIpc) is 3.10. The van der Waals surface area contributed by atoms with Gasteiger partial charge in [0, 0.05) is 5.92 Å². The molecule has 0 unspecified atom stereocenters. The zero-order chi connectivity index (χ0) is 12.8. The van der Waals surface area contributed by atoms with Crippen molar-refractivity contribution in [3.63, 3.8) is 0 Å². The van der Waals surface area contributed by atoms with E-state index in [1.54, 1.807) is 3.96 Å². The molecule has 0 N–H and O–H groups in total. The molecule has 19 heavy (non-hydrogen) atoms. The Labute approximate surface area is 112 Å². The maximum absolute atomic E-state index is 12.2. The summed E-state index contributed by atoms with van der Waals surface area (Å²) in [5, 5.41) is 8.79. The molecule has 6 heteroatoms. The van der Waals surface area contributed by atoms with Gasteiger partial charge in [-0.1, -0.05) is 23.7 Å². The van der Waals surface area contributed by atoms with Crippen LogP contribution < -0.4 is 5.56 Å². The standard InChI is InChI=1S/C13H11N3O2S/c17-13-9-3-1-2-4-10(9)19-16(13)7-11-14-15-12(18-11)8-5-6-8/h1-4,8H,5-7H2. The van der Waals surface area contributed by atoms with Gasteiger partial charge in [0.2, 0.25) is 11.8 Å². The maximum atomic E-state index is 12.2. The van der Waals surface area contributed by atoms with Gasteiger partial charge in [0.25, 0.3) is 5.56 Å². The Kier molecular flexibility index (Phi) is 2.32. The second kappa shape index (κ2) is 4.03. The van der Waals surface area contributed by atoms with Crippen LogP contribution in [0.4, 0.5) is 0 Å². The number of nitrogens with zero attached hydrogens (tertiary/aromatic N) is 3. The van der Waals surface area contributed by atoms with Crippen LogP contribution in [0.1, 0.15) is 30.5 Å². The van der Waals surface area contributed by atoms with Crippen LogP contribution in [0.2, 0.25) is 0 Å². The van der Waals surface area contributed by atoms with E-state index in [0.29, 0.717) is 24.2 Å². The van der Waals surface area contributed by atoms with E-state index in [2.05, 4.69) is 10.2 Å². The molecule has 2 heterocycles. The van der Waals surface area contributed by atoms with E-state index < -0.39 is 0 Å². The van der Waals surface area contributed by atoms with E-state index in [0.717, 1.165) is 22.9 Å². The van der Waals surface area contributed by atoms with Crippen molar-refractivity contribution in [3.05, 3.63) is 46.4 Å². The SMILES string of the molecule is O=c1c2ccccc2sn1Cc1nnc(C2CC2)o1. The minimum atomic E-state index is 0.00627. The molecule has 0 atom stereocenters. The molecule has 2 aromatic heterocycles. The minimum absolute atomic E-state index is 0.00627. The molecule has 0 amide bonds. The highest BCUT2D eigenvalue weighted by Gasteiger charge is 2.29. The first-order valence-electron chi connectivity index (χ1n) is 6.22. The summed E-state index contributed by atoms with van der Waals surface area (Å²) in [6.45, 7) is 0.359. The number of aromatic nitrogens is 3. The third-order valence-corrected chi connectivity index (χ3v) is 4.31. The van der Waals surface area contributed by atoms with Crippen LogP contribution in [0.15, 0.2) is 33.5 Å². The molecule has 0 aliphatic heterocycles. The number of benzene rings is 1. The van der Waals surface area contributed by atoms with Crippen molar-refractivity contribution in [2.75, 3.05) is 0 Å². The molecule has 1 fully saturated rings. The highest BCUT2D eigenvalue weighted by molar-refractivity contribution is 7.13. The molecule has 0 radical (unpaired) electrons. The van der Waals surface area contributed by atoms with Crippen LogP contribution in [-0.2, 0) is 6.54 Å². The first kappa shape index (κ1) is 10.9. The summed E-state index contributed by atoms with van der Waals surface area (Å²) in [4.78, 5) is 12.2. The second-order valence-corrected chi connectivity index (χ2v) is 5.80. The fraction of sp³-hybridized carbons (Fsp3) is 0.308. The van der Waals surface area contributed by atoms with Crippen molar-refractivity contribution in [2.24, 2.45) is 0 Å². The molecular weight excluding hydrogens is 262 g/mol. The highest BCUT2D eigenvalue weighted by atomic mass is 32.1. The molecular formula is C13H11N3O2S. The molecule has 1 aromatic carbocycles. The van der Waals surface area contributed by atoms with Crippen molar-refractivity contribution in [1.82, 2.24) is 14.2 Å². The maximum Gasteiger partial charge on any atom is 0.268 e. The van der Waals surface area contributed by atoms with Gasteiger partial charge >= 0.3 is 0 Å². The smallest absolute Gasteiger partial charge is 0.268 e. The van der Waals surface area contributed by atoms with Gasteiger partial charge in [-0.15, -0.1) is 10.2 Å². The van der Waals surface area contributed by atoms with Crippen LogP contribution in [0.25, 0.3) is 10.1 Å². The van der Waals surface area contributed by atoms with E-state index in [9.17, 15) is 4.79 Å². The van der Waals surface area contributed by atoms with Crippen molar-refractivity contribution in [2.45, 2.75) is 25.3 Å². The van der Waals surface area contributed by atoms with Gasteiger partial charge in [-0.2, -0.15) is 0 Å². The van der Waals surface area contributed by atoms with Crippen LogP contribution in [0.5, 0.6) is 0 Å². The zero-order valence-corrected chi connectivity index (χ0v) is 10.9. The topological polar surface area (TPSA) is 60.9 Å². The van der Waals surface area contributed by atoms with Crippen molar-refractivity contribution in [3.8, 4) is 0 Å². The Balaban J connectivity index is 1.69. The van der Waals surface area contributed by atoms with E-state index in [4.69, 9.17) is 4.42 Å². The lowest BCUT2D eigenvalue weighted by molar-refractivity contribution is 0.443. The van der Waals surface area contributed by atoms with Crippen molar-refractivity contribution < 1.29 is 4.42 Å². The Morgan fingerprint density at radius 3 is 2.95 bits per heavy atom. The molecule has 5 nitrogen and oxygen atoms in total. The predicted molar refractivity (Wildman–Crippen MR) is 71.5 cm³/mol. The zero-order valence-electron chi connectivity index (χ0n) is 10.1. The lowest BCUT2D eigenvalue weighted by Crippen LogP contribution is -2.13.